The van der Waals surface area contributed by atoms with E-state index in [9.17, 15) is 33.0 Å². The number of halogens is 3. The Hall–Kier alpha value is -4.73. The third kappa shape index (κ3) is 5.74. The summed E-state index contributed by atoms with van der Waals surface area (Å²) < 4.78 is 47.9. The fourth-order valence-electron chi connectivity index (χ4n) is 12.3. The summed E-state index contributed by atoms with van der Waals surface area (Å²) in [5.74, 6) is -0.356. The molecule has 8 atom stereocenters. The number of ketones is 1. The Kier molecular flexibility index (Phi) is 8.72. The average Bonchev–Trinajstić information content (AvgIpc) is 3.47. The van der Waals surface area contributed by atoms with Crippen LogP contribution in [0.25, 0.3) is 10.8 Å². The number of amides is 1. The highest BCUT2D eigenvalue weighted by Gasteiger charge is 2.74. The molecule has 296 valence electrons. The molecule has 2 bridgehead atoms. The molecule has 57 heavy (non-hydrogen) atoms. The second kappa shape index (κ2) is 13.1. The Labute approximate surface area is 331 Å². The first-order valence-corrected chi connectivity index (χ1v) is 20.2. The number of fused-ring (bicyclic) bond motifs is 2. The molecule has 0 aliphatic heterocycles. The van der Waals surface area contributed by atoms with E-state index in [1.807, 2.05) is 72.8 Å². The molecule has 0 radical (unpaired) electrons. The summed E-state index contributed by atoms with van der Waals surface area (Å²) in [6.07, 6.45) is 4.55. The van der Waals surface area contributed by atoms with E-state index in [2.05, 4.69) is 26.0 Å². The third-order valence-electron chi connectivity index (χ3n) is 15.3. The quantitative estimate of drug-likeness (QED) is 0.144. The van der Waals surface area contributed by atoms with Crippen LogP contribution in [0.4, 0.5) is 18.0 Å². The van der Waals surface area contributed by atoms with Crippen LogP contribution in [-0.2, 0) is 12.7 Å². The van der Waals surface area contributed by atoms with Gasteiger partial charge in [-0.3, -0.25) is 4.79 Å². The van der Waals surface area contributed by atoms with Crippen LogP contribution in [0.15, 0.2) is 121 Å². The molecule has 6 aliphatic rings. The lowest BCUT2D eigenvalue weighted by atomic mass is 9.32. The molecule has 6 aliphatic carbocycles. The summed E-state index contributed by atoms with van der Waals surface area (Å²) >= 11 is 0. The number of hydrogen-bond donors (Lipinski definition) is 2. The lowest BCUT2D eigenvalue weighted by Gasteiger charge is -2.71. The Morgan fingerprint density at radius 1 is 0.807 bits per heavy atom. The van der Waals surface area contributed by atoms with Gasteiger partial charge in [0.2, 0.25) is 0 Å². The summed E-state index contributed by atoms with van der Waals surface area (Å²) in [5.41, 5.74) is -3.56. The van der Waals surface area contributed by atoms with Gasteiger partial charge >= 0.3 is 12.3 Å². The maximum Gasteiger partial charge on any atom is 0.416 e. The van der Waals surface area contributed by atoms with E-state index >= 15 is 0 Å². The molecule has 0 heterocycles. The van der Waals surface area contributed by atoms with Gasteiger partial charge in [0.05, 0.1) is 23.8 Å². The molecule has 3 fully saturated rings. The van der Waals surface area contributed by atoms with Gasteiger partial charge in [-0.15, -0.1) is 0 Å². The molecule has 10 rings (SSSR count). The highest BCUT2D eigenvalue weighted by Crippen LogP contribution is 2.78. The highest BCUT2D eigenvalue weighted by molar-refractivity contribution is 6.10. The van der Waals surface area contributed by atoms with Crippen molar-refractivity contribution in [2.75, 3.05) is 6.54 Å². The number of carbonyl (C=O) groups is 2. The number of carbonyl (C=O) groups excluding carboxylic acids is 2. The van der Waals surface area contributed by atoms with E-state index < -0.39 is 51.6 Å². The normalized spacial score (nSPS) is 33.9. The third-order valence-corrected chi connectivity index (χ3v) is 15.3. The van der Waals surface area contributed by atoms with Crippen LogP contribution in [0.5, 0.6) is 5.75 Å². The van der Waals surface area contributed by atoms with E-state index in [4.69, 9.17) is 4.74 Å². The number of aliphatic hydroxyl groups excluding tert-OH is 1. The average molecular weight is 776 g/mol. The first-order chi connectivity index (χ1) is 27.1. The zero-order valence-corrected chi connectivity index (χ0v) is 32.3. The minimum Gasteiger partial charge on any atom is -0.410 e. The van der Waals surface area contributed by atoms with Crippen LogP contribution in [-0.4, -0.2) is 45.2 Å². The molecule has 3 saturated carbocycles. The SMILES string of the molecule is CC12CCC(O)CC13C=CC1(C(C(=O)c4cccc(C(F)(F)F)c4)=C3)C2CCC2(C)C1CCC2(O)CN(Cc1ccccc1)C(=O)Oc1ccc2ccccc2c1. The van der Waals surface area contributed by atoms with Gasteiger partial charge in [-0.05, 0) is 103 Å². The predicted molar refractivity (Wildman–Crippen MR) is 211 cm³/mol. The van der Waals surface area contributed by atoms with Crippen molar-refractivity contribution in [2.45, 2.75) is 83.2 Å². The Morgan fingerprint density at radius 3 is 2.28 bits per heavy atom. The summed E-state index contributed by atoms with van der Waals surface area (Å²) in [6, 6.07) is 27.6. The minimum absolute atomic E-state index is 0.0141. The molecule has 4 aromatic rings. The number of aliphatic hydroxyl groups is 2. The molecule has 2 spiro atoms. The van der Waals surface area contributed by atoms with Crippen LogP contribution < -0.4 is 4.74 Å². The highest BCUT2D eigenvalue weighted by atomic mass is 19.4. The molecule has 0 saturated heterocycles. The maximum absolute atomic E-state index is 14.9. The van der Waals surface area contributed by atoms with Crippen LogP contribution >= 0.6 is 0 Å². The van der Waals surface area contributed by atoms with E-state index in [-0.39, 0.29) is 35.9 Å². The van der Waals surface area contributed by atoms with Crippen LogP contribution in [0.3, 0.4) is 0 Å². The van der Waals surface area contributed by atoms with Gasteiger partial charge in [0.1, 0.15) is 5.75 Å². The van der Waals surface area contributed by atoms with Crippen LogP contribution in [0, 0.1) is 33.5 Å². The summed E-state index contributed by atoms with van der Waals surface area (Å²) in [5, 5.41) is 26.1. The molecule has 2 N–H and O–H groups in total. The second-order valence-electron chi connectivity index (χ2n) is 17.9. The minimum atomic E-state index is -4.62. The van der Waals surface area contributed by atoms with Gasteiger partial charge in [-0.2, -0.15) is 13.2 Å². The van der Waals surface area contributed by atoms with Crippen molar-refractivity contribution in [3.05, 3.63) is 138 Å². The zero-order valence-electron chi connectivity index (χ0n) is 32.3. The maximum atomic E-state index is 14.9. The number of nitrogens with zero attached hydrogens (tertiary/aromatic N) is 1. The molecular weight excluding hydrogens is 728 g/mol. The fraction of sp³-hybridized carbons (Fsp3) is 0.417. The lowest BCUT2D eigenvalue weighted by Crippen LogP contribution is -2.67. The van der Waals surface area contributed by atoms with Crippen molar-refractivity contribution in [1.82, 2.24) is 4.90 Å². The Morgan fingerprint density at radius 2 is 1.51 bits per heavy atom. The van der Waals surface area contributed by atoms with Gasteiger partial charge in [-0.25, -0.2) is 4.79 Å². The molecule has 0 aromatic heterocycles. The molecule has 1 amide bonds. The number of hydrogen-bond acceptors (Lipinski definition) is 5. The summed E-state index contributed by atoms with van der Waals surface area (Å²) in [7, 11) is 0. The van der Waals surface area contributed by atoms with Gasteiger partial charge in [0, 0.05) is 33.9 Å². The number of rotatable bonds is 7. The van der Waals surface area contributed by atoms with Crippen molar-refractivity contribution >= 4 is 22.6 Å². The fourth-order valence-corrected chi connectivity index (χ4v) is 12.3. The van der Waals surface area contributed by atoms with Crippen molar-refractivity contribution in [3.8, 4) is 5.75 Å². The Bertz CT molecular complexity index is 2320. The van der Waals surface area contributed by atoms with Gasteiger partial charge < -0.3 is 19.8 Å². The van der Waals surface area contributed by atoms with E-state index in [0.29, 0.717) is 49.8 Å². The lowest BCUT2D eigenvalue weighted by molar-refractivity contribution is -0.175. The van der Waals surface area contributed by atoms with Crippen molar-refractivity contribution in [3.63, 3.8) is 0 Å². The van der Waals surface area contributed by atoms with Crippen molar-refractivity contribution < 1.29 is 37.7 Å². The van der Waals surface area contributed by atoms with Gasteiger partial charge in [0.15, 0.2) is 5.78 Å². The first-order valence-electron chi connectivity index (χ1n) is 20.2. The molecule has 4 aromatic carbocycles. The number of ether oxygens (including phenoxy) is 1. The molecule has 6 nitrogen and oxygen atoms in total. The topological polar surface area (TPSA) is 87.1 Å². The predicted octanol–water partition coefficient (Wildman–Crippen LogP) is 10.3. The molecule has 9 heteroatoms. The standard InChI is InChI=1S/C48H48F3NO5/c1-43-20-17-36(53)27-45(43)23-24-47(38(28-45)41(54)34-13-8-14-35(25-34)48(49,50)51)39(43)18-21-44(2)40(47)19-22-46(44,56)30-52(29-31-9-4-3-5-10-31)42(55)57-37-16-15-32-11-6-7-12-33(32)26-37/h3-16,23-26,28,36,39-40,53,56H,17-22,27,29-30H2,1-2H3. The van der Waals surface area contributed by atoms with Gasteiger partial charge in [0.25, 0.3) is 0 Å². The number of alkyl halides is 3. The van der Waals surface area contributed by atoms with Crippen LogP contribution in [0.1, 0.15) is 80.3 Å². The van der Waals surface area contributed by atoms with Crippen molar-refractivity contribution in [1.29, 1.82) is 0 Å². The zero-order chi connectivity index (χ0) is 40.0. The summed E-state index contributed by atoms with van der Waals surface area (Å²) in [4.78, 5) is 30.7. The second-order valence-corrected chi connectivity index (χ2v) is 17.9. The number of Topliss-reactive ketones (excluding diaryl/α,β-unsaturated/α-hetero) is 1. The monoisotopic (exact) mass is 775 g/mol. The number of benzene rings is 4. The smallest absolute Gasteiger partial charge is 0.410 e. The van der Waals surface area contributed by atoms with E-state index in [0.717, 1.165) is 34.9 Å². The van der Waals surface area contributed by atoms with Crippen LogP contribution in [0.2, 0.25) is 0 Å². The first kappa shape index (κ1) is 37.8. The van der Waals surface area contributed by atoms with E-state index in [1.165, 1.54) is 12.1 Å². The van der Waals surface area contributed by atoms with Crippen molar-refractivity contribution in [2.24, 2.45) is 33.5 Å². The van der Waals surface area contributed by atoms with E-state index in [1.54, 1.807) is 11.0 Å². The summed E-state index contributed by atoms with van der Waals surface area (Å²) in [6.45, 7) is 4.53. The molecule has 8 unspecified atom stereocenters. The van der Waals surface area contributed by atoms with Gasteiger partial charge in [-0.1, -0.05) is 105 Å². The molecular formula is C48H48F3NO5. The Balaban J connectivity index is 1.10. The number of allylic oxidation sites excluding steroid dienone is 4. The largest absolute Gasteiger partial charge is 0.416 e.